The minimum Gasteiger partial charge on any atom is -0.274 e. The first-order chi connectivity index (χ1) is 9.24. The highest BCUT2D eigenvalue weighted by molar-refractivity contribution is 6.21. The highest BCUT2D eigenvalue weighted by atomic mass is 16.2. The first-order valence-electron chi connectivity index (χ1n) is 6.87. The molecular formula is C16H15NO2. The molecule has 96 valence electrons. The Labute approximate surface area is 111 Å². The summed E-state index contributed by atoms with van der Waals surface area (Å²) in [6.45, 7) is 0.581. The zero-order chi connectivity index (χ0) is 13.0. The van der Waals surface area contributed by atoms with Crippen LogP contribution in [0.25, 0.3) is 0 Å². The molecule has 1 saturated carbocycles. The molecule has 1 aliphatic heterocycles. The van der Waals surface area contributed by atoms with Gasteiger partial charge in [0.05, 0.1) is 11.1 Å². The Balaban J connectivity index is 1.59. The van der Waals surface area contributed by atoms with Crippen LogP contribution in [0.5, 0.6) is 0 Å². The fourth-order valence-electron chi connectivity index (χ4n) is 3.74. The molecule has 2 bridgehead atoms. The number of imide groups is 1. The topological polar surface area (TPSA) is 37.4 Å². The maximum Gasteiger partial charge on any atom is 0.261 e. The zero-order valence-electron chi connectivity index (χ0n) is 10.6. The van der Waals surface area contributed by atoms with Gasteiger partial charge in [0.25, 0.3) is 11.8 Å². The predicted molar refractivity (Wildman–Crippen MR) is 70.7 cm³/mol. The standard InChI is InChI=1S/C16H15NO2/c18-15-13-3-1-2-4-14(13)16(19)17(15)9-12-8-10-5-6-11(12)7-10/h1-6,10-12H,7-9H2/t10-,11-,12+/m0/s1. The maximum absolute atomic E-state index is 12.3. The van der Waals surface area contributed by atoms with Gasteiger partial charge >= 0.3 is 0 Å². The molecule has 0 radical (unpaired) electrons. The second-order valence-electron chi connectivity index (χ2n) is 5.81. The normalized spacial score (nSPS) is 31.4. The van der Waals surface area contributed by atoms with Crippen LogP contribution in [-0.2, 0) is 0 Å². The summed E-state index contributed by atoms with van der Waals surface area (Å²) in [4.78, 5) is 26.0. The monoisotopic (exact) mass is 253 g/mol. The molecule has 19 heavy (non-hydrogen) atoms. The van der Waals surface area contributed by atoms with Crippen LogP contribution >= 0.6 is 0 Å². The second kappa shape index (κ2) is 3.80. The molecule has 2 amide bonds. The van der Waals surface area contributed by atoms with Gasteiger partial charge in [-0.2, -0.15) is 0 Å². The number of rotatable bonds is 2. The van der Waals surface area contributed by atoms with Crippen molar-refractivity contribution in [2.24, 2.45) is 17.8 Å². The predicted octanol–water partition coefficient (Wildman–Crippen LogP) is 2.49. The van der Waals surface area contributed by atoms with E-state index in [1.165, 1.54) is 11.3 Å². The van der Waals surface area contributed by atoms with E-state index >= 15 is 0 Å². The number of carbonyl (C=O) groups is 2. The number of hydrogen-bond donors (Lipinski definition) is 0. The zero-order valence-corrected chi connectivity index (χ0v) is 10.6. The second-order valence-corrected chi connectivity index (χ2v) is 5.81. The van der Waals surface area contributed by atoms with Gasteiger partial charge in [0.2, 0.25) is 0 Å². The summed E-state index contributed by atoms with van der Waals surface area (Å²) in [5.41, 5.74) is 1.12. The van der Waals surface area contributed by atoms with Gasteiger partial charge in [-0.3, -0.25) is 14.5 Å². The molecule has 0 unspecified atom stereocenters. The summed E-state index contributed by atoms with van der Waals surface area (Å²) in [7, 11) is 0. The van der Waals surface area contributed by atoms with Gasteiger partial charge in [-0.25, -0.2) is 0 Å². The summed E-state index contributed by atoms with van der Waals surface area (Å²) < 4.78 is 0. The van der Waals surface area contributed by atoms with Crippen LogP contribution in [0.2, 0.25) is 0 Å². The molecule has 0 saturated heterocycles. The summed E-state index contributed by atoms with van der Waals surface area (Å²) in [6.07, 6.45) is 6.86. The van der Waals surface area contributed by atoms with Gasteiger partial charge in [0, 0.05) is 6.54 Å². The average Bonchev–Trinajstić information content (AvgIpc) is 3.10. The van der Waals surface area contributed by atoms with Crippen molar-refractivity contribution in [3.63, 3.8) is 0 Å². The van der Waals surface area contributed by atoms with Crippen molar-refractivity contribution in [1.29, 1.82) is 0 Å². The lowest BCUT2D eigenvalue weighted by molar-refractivity contribution is 0.0621. The summed E-state index contributed by atoms with van der Waals surface area (Å²) >= 11 is 0. The highest BCUT2D eigenvalue weighted by Crippen LogP contribution is 2.44. The largest absolute Gasteiger partial charge is 0.274 e. The van der Waals surface area contributed by atoms with Gasteiger partial charge in [-0.15, -0.1) is 0 Å². The van der Waals surface area contributed by atoms with Crippen molar-refractivity contribution < 1.29 is 9.59 Å². The third kappa shape index (κ3) is 1.51. The molecule has 3 heteroatoms. The van der Waals surface area contributed by atoms with Crippen LogP contribution in [0, 0.1) is 17.8 Å². The number of amides is 2. The van der Waals surface area contributed by atoms with Gasteiger partial charge in [-0.1, -0.05) is 24.3 Å². The van der Waals surface area contributed by atoms with Crippen LogP contribution < -0.4 is 0 Å². The SMILES string of the molecule is O=C1c2ccccc2C(=O)N1C[C@H]1C[C@H]2C=C[C@H]1C2. The molecule has 1 aromatic rings. The molecule has 1 fully saturated rings. The molecule has 3 aliphatic rings. The van der Waals surface area contributed by atoms with Crippen LogP contribution in [0.15, 0.2) is 36.4 Å². The Kier molecular flexibility index (Phi) is 2.19. The Morgan fingerprint density at radius 2 is 1.68 bits per heavy atom. The Hall–Kier alpha value is -1.90. The number of benzene rings is 1. The fraction of sp³-hybridized carbons (Fsp3) is 0.375. The molecule has 1 aromatic carbocycles. The van der Waals surface area contributed by atoms with Gasteiger partial charge in [0.1, 0.15) is 0 Å². The minimum absolute atomic E-state index is 0.118. The summed E-state index contributed by atoms with van der Waals surface area (Å²) in [5, 5.41) is 0. The van der Waals surface area contributed by atoms with E-state index in [1.807, 2.05) is 12.1 Å². The van der Waals surface area contributed by atoms with Gasteiger partial charge in [0.15, 0.2) is 0 Å². The van der Waals surface area contributed by atoms with Crippen LogP contribution in [0.1, 0.15) is 33.6 Å². The molecule has 4 rings (SSSR count). The molecule has 0 spiro atoms. The van der Waals surface area contributed by atoms with Crippen LogP contribution in [0.4, 0.5) is 0 Å². The first kappa shape index (κ1) is 11.0. The number of fused-ring (bicyclic) bond motifs is 3. The van der Waals surface area contributed by atoms with E-state index in [-0.39, 0.29) is 11.8 Å². The molecule has 3 nitrogen and oxygen atoms in total. The lowest BCUT2D eigenvalue weighted by Gasteiger charge is -2.23. The Morgan fingerprint density at radius 1 is 1.00 bits per heavy atom. The minimum atomic E-state index is -0.118. The highest BCUT2D eigenvalue weighted by Gasteiger charge is 2.41. The maximum atomic E-state index is 12.3. The summed E-state index contributed by atoms with van der Waals surface area (Å²) in [6, 6.07) is 7.12. The van der Waals surface area contributed by atoms with Crippen molar-refractivity contribution >= 4 is 11.8 Å². The van der Waals surface area contributed by atoms with E-state index < -0.39 is 0 Å². The van der Waals surface area contributed by atoms with Gasteiger partial charge < -0.3 is 0 Å². The third-order valence-corrected chi connectivity index (χ3v) is 4.71. The van der Waals surface area contributed by atoms with Gasteiger partial charge in [-0.05, 0) is 42.7 Å². The lowest BCUT2D eigenvalue weighted by Crippen LogP contribution is -2.35. The molecule has 0 N–H and O–H groups in total. The van der Waals surface area contributed by atoms with Crippen molar-refractivity contribution in [3.8, 4) is 0 Å². The van der Waals surface area contributed by atoms with E-state index in [0.717, 1.165) is 6.42 Å². The number of nitrogens with zero attached hydrogens (tertiary/aromatic N) is 1. The summed E-state index contributed by atoms with van der Waals surface area (Å²) in [5.74, 6) is 1.46. The van der Waals surface area contributed by atoms with E-state index in [1.54, 1.807) is 12.1 Å². The Morgan fingerprint density at radius 3 is 2.21 bits per heavy atom. The average molecular weight is 253 g/mol. The van der Waals surface area contributed by atoms with E-state index in [9.17, 15) is 9.59 Å². The number of carbonyl (C=O) groups excluding carboxylic acids is 2. The first-order valence-corrected chi connectivity index (χ1v) is 6.87. The van der Waals surface area contributed by atoms with E-state index in [0.29, 0.717) is 35.4 Å². The van der Waals surface area contributed by atoms with Crippen molar-refractivity contribution in [3.05, 3.63) is 47.5 Å². The number of allylic oxidation sites excluding steroid dienone is 2. The van der Waals surface area contributed by atoms with Crippen LogP contribution in [0.3, 0.4) is 0 Å². The van der Waals surface area contributed by atoms with Crippen molar-refractivity contribution in [2.75, 3.05) is 6.54 Å². The quantitative estimate of drug-likeness (QED) is 0.600. The molecule has 0 aromatic heterocycles. The fourth-order valence-corrected chi connectivity index (χ4v) is 3.74. The molecule has 2 aliphatic carbocycles. The Bertz CT molecular complexity index is 570. The smallest absolute Gasteiger partial charge is 0.261 e. The number of hydrogen-bond acceptors (Lipinski definition) is 2. The molecule has 1 heterocycles. The van der Waals surface area contributed by atoms with E-state index in [4.69, 9.17) is 0 Å². The van der Waals surface area contributed by atoms with Crippen molar-refractivity contribution in [1.82, 2.24) is 4.90 Å². The van der Waals surface area contributed by atoms with Crippen molar-refractivity contribution in [2.45, 2.75) is 12.8 Å². The molecular weight excluding hydrogens is 238 g/mol. The van der Waals surface area contributed by atoms with E-state index in [2.05, 4.69) is 12.2 Å². The lowest BCUT2D eigenvalue weighted by atomic mass is 9.93. The molecule has 3 atom stereocenters. The third-order valence-electron chi connectivity index (χ3n) is 4.71. The van der Waals surface area contributed by atoms with Crippen LogP contribution in [-0.4, -0.2) is 23.3 Å².